The molecule has 2 amide bonds. The molecular formula is C20H30N5O11S2+. The summed E-state index contributed by atoms with van der Waals surface area (Å²) in [5, 5.41) is 47.2. The van der Waals surface area contributed by atoms with Crippen LogP contribution in [-0.4, -0.2) is 115 Å². The van der Waals surface area contributed by atoms with E-state index >= 15 is 0 Å². The molecule has 1 aromatic rings. The SMILES string of the molecule is C#C.CN1C(=O)[C@@H](NC(=O)/C(=N\OCC(=O)O)c2csc(N)n2)[C@H]1[SH+]CCC(=O)O.CO.O=C(O)CCO. The van der Waals surface area contributed by atoms with Gasteiger partial charge in [0.15, 0.2) is 16.9 Å². The summed E-state index contributed by atoms with van der Waals surface area (Å²) in [6.45, 7) is -1.03. The maximum absolute atomic E-state index is 12.6. The van der Waals surface area contributed by atoms with Gasteiger partial charge in [-0.3, -0.25) is 24.1 Å². The number of amides is 2. The minimum Gasteiger partial charge on any atom is -0.481 e. The molecule has 0 saturated carbocycles. The number of thiazole rings is 1. The number of aliphatic carboxylic acids is 3. The predicted molar refractivity (Wildman–Crippen MR) is 138 cm³/mol. The first-order valence-corrected chi connectivity index (χ1v) is 12.2. The van der Waals surface area contributed by atoms with Crippen molar-refractivity contribution in [2.45, 2.75) is 24.3 Å². The lowest BCUT2D eigenvalue weighted by atomic mass is 10.1. The van der Waals surface area contributed by atoms with Crippen molar-refractivity contribution in [2.24, 2.45) is 5.16 Å². The number of nitrogens with one attached hydrogen (secondary N) is 1. The number of aliphatic hydroxyl groups is 2. The van der Waals surface area contributed by atoms with Crippen molar-refractivity contribution in [3.63, 3.8) is 0 Å². The molecular weight excluding hydrogens is 550 g/mol. The number of nitrogen functional groups attached to an aromatic ring is 1. The van der Waals surface area contributed by atoms with E-state index in [1.165, 1.54) is 10.3 Å². The number of carbonyl (C=O) groups is 5. The van der Waals surface area contributed by atoms with Gasteiger partial charge in [0.05, 0.1) is 19.4 Å². The highest BCUT2D eigenvalue weighted by Gasteiger charge is 2.51. The zero-order valence-corrected chi connectivity index (χ0v) is 22.1. The van der Waals surface area contributed by atoms with Crippen LogP contribution >= 0.6 is 11.3 Å². The highest BCUT2D eigenvalue weighted by Crippen LogP contribution is 2.20. The molecule has 1 saturated heterocycles. The topological polar surface area (TPSA) is 262 Å². The quantitative estimate of drug-likeness (QED) is 0.0335. The maximum atomic E-state index is 12.6. The third-order valence-electron chi connectivity index (χ3n) is 3.89. The zero-order chi connectivity index (χ0) is 29.8. The van der Waals surface area contributed by atoms with Crippen LogP contribution in [0.3, 0.4) is 0 Å². The van der Waals surface area contributed by atoms with Crippen LogP contribution in [-0.2, 0) is 40.6 Å². The van der Waals surface area contributed by atoms with Gasteiger partial charge in [-0.1, -0.05) is 5.16 Å². The summed E-state index contributed by atoms with van der Waals surface area (Å²) in [7, 11) is 2.55. The van der Waals surface area contributed by atoms with Gasteiger partial charge in [0, 0.05) is 19.5 Å². The number of carbonyl (C=O) groups excluding carboxylic acids is 2. The number of carboxylic acids is 3. The number of likely N-dealkylation sites (N-methyl/N-ethyl adjacent to an activating group) is 1. The number of terminal acetylenes is 1. The maximum Gasteiger partial charge on any atom is 0.344 e. The Morgan fingerprint density at radius 2 is 1.76 bits per heavy atom. The van der Waals surface area contributed by atoms with Crippen LogP contribution < -0.4 is 11.1 Å². The van der Waals surface area contributed by atoms with Crippen LogP contribution in [0.1, 0.15) is 18.5 Å². The van der Waals surface area contributed by atoms with Crippen molar-refractivity contribution in [3.8, 4) is 12.8 Å². The Labute approximate surface area is 225 Å². The molecule has 212 valence electrons. The first-order chi connectivity index (χ1) is 18.0. The van der Waals surface area contributed by atoms with E-state index in [0.717, 1.165) is 18.4 Å². The van der Waals surface area contributed by atoms with Gasteiger partial charge < -0.3 is 41.4 Å². The summed E-state index contributed by atoms with van der Waals surface area (Å²) < 4.78 is 0. The van der Waals surface area contributed by atoms with E-state index in [9.17, 15) is 24.0 Å². The van der Waals surface area contributed by atoms with Crippen molar-refractivity contribution in [1.82, 2.24) is 15.2 Å². The van der Waals surface area contributed by atoms with E-state index in [1.807, 2.05) is 0 Å². The molecule has 18 heteroatoms. The summed E-state index contributed by atoms with van der Waals surface area (Å²) in [6, 6.07) is -0.867. The average Bonchev–Trinajstić information content (AvgIpc) is 3.31. The molecule has 0 bridgehead atoms. The predicted octanol–water partition coefficient (Wildman–Crippen LogP) is -2.59. The molecule has 1 aliphatic rings. The molecule has 1 aliphatic heterocycles. The Balaban J connectivity index is 0. The van der Waals surface area contributed by atoms with Gasteiger partial charge in [0.1, 0.15) is 11.4 Å². The minimum atomic E-state index is -1.28. The average molecular weight is 581 g/mol. The van der Waals surface area contributed by atoms with Crippen molar-refractivity contribution < 1.29 is 54.3 Å². The fraction of sp³-hybridized carbons (Fsp3) is 0.450. The Morgan fingerprint density at radius 3 is 2.18 bits per heavy atom. The standard InChI is InChI=1S/C14H17N5O7S2.C3H6O3.C2H2.CH4O/c1-19-12(25)10(13(19)27-3-2-7(20)21)17-11(24)9(18-26-4-8(22)23)6-5-28-14(15)16-6;4-2-1-3(5)6;2*1-2/h5,10,13H,2-4H2,1H3,(H2,15,16)(H,17,24)(H,20,21)(H,22,23);4H,1-2H2,(H,5,6);1-2H;2H,1H3/p+1/b18-9-;;;/t10-,13-;;;/m1.../s1. The highest BCUT2D eigenvalue weighted by atomic mass is 32.2. The van der Waals surface area contributed by atoms with E-state index in [0.29, 0.717) is 17.5 Å². The fourth-order valence-electron chi connectivity index (χ4n) is 2.33. The van der Waals surface area contributed by atoms with Crippen LogP contribution in [0.4, 0.5) is 5.13 Å². The number of oxime groups is 1. The number of nitrogens with zero attached hydrogens (tertiary/aromatic N) is 3. The lowest BCUT2D eigenvalue weighted by molar-refractivity contribution is -0.145. The molecule has 0 radical (unpaired) electrons. The second-order valence-electron chi connectivity index (χ2n) is 6.41. The summed E-state index contributed by atoms with van der Waals surface area (Å²) in [4.78, 5) is 65.3. The van der Waals surface area contributed by atoms with E-state index in [2.05, 4.69) is 33.1 Å². The number of hydrogen-bond acceptors (Lipinski definition) is 12. The molecule has 0 aliphatic carbocycles. The van der Waals surface area contributed by atoms with Gasteiger partial charge >= 0.3 is 17.9 Å². The minimum absolute atomic E-state index is 0.0609. The van der Waals surface area contributed by atoms with Crippen LogP contribution in [0.2, 0.25) is 0 Å². The first-order valence-electron chi connectivity index (χ1n) is 10.2. The van der Waals surface area contributed by atoms with E-state index in [4.69, 9.17) is 31.3 Å². The van der Waals surface area contributed by atoms with Crippen LogP contribution in [0.5, 0.6) is 0 Å². The van der Waals surface area contributed by atoms with Gasteiger partial charge in [-0.05, 0) is 11.8 Å². The lowest BCUT2D eigenvalue weighted by Gasteiger charge is -2.39. The Hall–Kier alpha value is -3.92. The summed E-state index contributed by atoms with van der Waals surface area (Å²) in [5.41, 5.74) is 5.30. The number of carboxylic acid groups (broad SMARTS) is 3. The van der Waals surface area contributed by atoms with Crippen molar-refractivity contribution >= 4 is 63.7 Å². The van der Waals surface area contributed by atoms with Crippen LogP contribution in [0.25, 0.3) is 0 Å². The van der Waals surface area contributed by atoms with Gasteiger partial charge in [0.25, 0.3) is 11.8 Å². The molecule has 16 nitrogen and oxygen atoms in total. The molecule has 0 unspecified atom stereocenters. The highest BCUT2D eigenvalue weighted by molar-refractivity contribution is 7.79. The molecule has 38 heavy (non-hydrogen) atoms. The number of anilines is 1. The number of nitrogens with two attached hydrogens (primary N) is 1. The number of thiol groups is 1. The molecule has 0 spiro atoms. The monoisotopic (exact) mass is 580 g/mol. The summed E-state index contributed by atoms with van der Waals surface area (Å²) in [6.07, 6.45) is 7.79. The number of aliphatic hydroxyl groups excluding tert-OH is 2. The van der Waals surface area contributed by atoms with Gasteiger partial charge in [0.2, 0.25) is 12.0 Å². The molecule has 2 atom stereocenters. The number of β-lactam (4-membered cyclic amide) rings is 1. The second kappa shape index (κ2) is 20.2. The zero-order valence-electron chi connectivity index (χ0n) is 20.4. The molecule has 2 heterocycles. The summed E-state index contributed by atoms with van der Waals surface area (Å²) in [5.74, 6) is -4.01. The van der Waals surface area contributed by atoms with E-state index < -0.39 is 41.8 Å². The molecule has 1 fully saturated rings. The lowest BCUT2D eigenvalue weighted by Crippen LogP contribution is -2.70. The first kappa shape index (κ1) is 36.2. The Kier molecular flexibility index (Phi) is 19.2. The third kappa shape index (κ3) is 13.4. The molecule has 2 rings (SSSR count). The largest absolute Gasteiger partial charge is 0.481 e. The number of hydrogen-bond donors (Lipinski definition) is 7. The van der Waals surface area contributed by atoms with E-state index in [1.54, 1.807) is 7.05 Å². The molecule has 8 N–H and O–H groups in total. The van der Waals surface area contributed by atoms with Crippen LogP contribution in [0, 0.1) is 12.8 Å². The fourth-order valence-corrected chi connectivity index (χ4v) is 4.24. The molecule has 0 aromatic carbocycles. The number of rotatable bonds is 12. The van der Waals surface area contributed by atoms with Crippen molar-refractivity contribution in [2.75, 3.05) is 38.9 Å². The van der Waals surface area contributed by atoms with E-state index in [-0.39, 0.29) is 41.9 Å². The second-order valence-corrected chi connectivity index (χ2v) is 8.64. The Bertz CT molecular complexity index is 984. The number of aromatic nitrogens is 1. The molecule has 1 aromatic heterocycles. The van der Waals surface area contributed by atoms with Gasteiger partial charge in [-0.15, -0.1) is 24.2 Å². The van der Waals surface area contributed by atoms with Crippen molar-refractivity contribution in [1.29, 1.82) is 0 Å². The normalized spacial score (nSPS) is 15.6. The summed E-state index contributed by atoms with van der Waals surface area (Å²) >= 11 is 1.71. The van der Waals surface area contributed by atoms with Crippen LogP contribution in [0.15, 0.2) is 10.5 Å². The third-order valence-corrected chi connectivity index (χ3v) is 6.06. The number of likely N-dealkylation sites (tertiary alicyclic amines) is 1. The Morgan fingerprint density at radius 1 is 1.18 bits per heavy atom. The smallest absolute Gasteiger partial charge is 0.344 e. The van der Waals surface area contributed by atoms with Gasteiger partial charge in [-0.2, -0.15) is 0 Å². The van der Waals surface area contributed by atoms with Crippen molar-refractivity contribution in [3.05, 3.63) is 11.1 Å². The van der Waals surface area contributed by atoms with Gasteiger partial charge in [-0.25, -0.2) is 9.78 Å².